The van der Waals surface area contributed by atoms with E-state index in [-0.39, 0.29) is 12.5 Å². The van der Waals surface area contributed by atoms with Crippen molar-refractivity contribution in [2.24, 2.45) is 11.3 Å². The second-order valence-corrected chi connectivity index (χ2v) is 8.28. The van der Waals surface area contributed by atoms with E-state index in [1.807, 2.05) is 32.9 Å². The van der Waals surface area contributed by atoms with Gasteiger partial charge >= 0.3 is 5.97 Å². The molecule has 0 saturated carbocycles. The van der Waals surface area contributed by atoms with E-state index in [4.69, 9.17) is 11.6 Å². The molecule has 0 radical (unpaired) electrons. The molecule has 0 aliphatic carbocycles. The summed E-state index contributed by atoms with van der Waals surface area (Å²) in [6, 6.07) is 7.18. The van der Waals surface area contributed by atoms with Crippen molar-refractivity contribution in [1.29, 1.82) is 0 Å². The van der Waals surface area contributed by atoms with E-state index < -0.39 is 17.3 Å². The average molecular weight is 409 g/mol. The first-order valence-corrected chi connectivity index (χ1v) is 9.40. The Bertz CT molecular complexity index is 845. The second kappa shape index (κ2) is 8.96. The zero-order valence-electron chi connectivity index (χ0n) is 15.2. The number of carboxylic acids is 1. The fourth-order valence-corrected chi connectivity index (χ4v) is 3.07. The molecule has 2 aromatic rings. The average Bonchev–Trinajstić information content (AvgIpc) is 3.00. The van der Waals surface area contributed by atoms with Gasteiger partial charge in [-0.25, -0.2) is 0 Å². The molecule has 1 unspecified atom stereocenters. The molecule has 0 bridgehead atoms. The van der Waals surface area contributed by atoms with Gasteiger partial charge in [-0.2, -0.15) is 0 Å². The molecule has 1 atom stereocenters. The van der Waals surface area contributed by atoms with Crippen LogP contribution in [0.5, 0.6) is 0 Å². The maximum Gasteiger partial charge on any atom is 0.308 e. The van der Waals surface area contributed by atoms with E-state index >= 15 is 0 Å². The molecule has 0 aliphatic rings. The summed E-state index contributed by atoms with van der Waals surface area (Å²) in [7, 11) is 0. The van der Waals surface area contributed by atoms with Gasteiger partial charge in [0.15, 0.2) is 0 Å². The smallest absolute Gasteiger partial charge is 0.308 e. The molecule has 1 heterocycles. The predicted molar refractivity (Wildman–Crippen MR) is 108 cm³/mol. The highest BCUT2D eigenvalue weighted by molar-refractivity contribution is 7.19. The molecule has 1 aromatic carbocycles. The highest BCUT2D eigenvalue weighted by atomic mass is 35.5. The monoisotopic (exact) mass is 408 g/mol. The van der Waals surface area contributed by atoms with E-state index in [2.05, 4.69) is 20.8 Å². The van der Waals surface area contributed by atoms with Gasteiger partial charge in [-0.05, 0) is 23.1 Å². The van der Waals surface area contributed by atoms with Crippen LogP contribution in [0.25, 0.3) is 6.08 Å². The summed E-state index contributed by atoms with van der Waals surface area (Å²) in [5.41, 5.74) is 0.334. The minimum absolute atomic E-state index is 0.216. The zero-order chi connectivity index (χ0) is 20.0. The third-order valence-corrected chi connectivity index (χ3v) is 4.92. The van der Waals surface area contributed by atoms with Gasteiger partial charge in [0.05, 0.1) is 5.92 Å². The number of hydrogen-bond donors (Lipinski definition) is 3. The Hall–Kier alpha value is -2.45. The number of carbonyl (C=O) groups is 2. The summed E-state index contributed by atoms with van der Waals surface area (Å²) in [6.07, 6.45) is 2.97. The van der Waals surface area contributed by atoms with Crippen molar-refractivity contribution in [3.05, 3.63) is 40.9 Å². The summed E-state index contributed by atoms with van der Waals surface area (Å²) < 4.78 is 0. The molecule has 0 aliphatic heterocycles. The van der Waals surface area contributed by atoms with Crippen molar-refractivity contribution < 1.29 is 14.7 Å². The third-order valence-electron chi connectivity index (χ3n) is 3.78. The Morgan fingerprint density at radius 1 is 1.26 bits per heavy atom. The molecular formula is C18H21ClN4O3S. The molecule has 3 N–H and O–H groups in total. The van der Waals surface area contributed by atoms with Gasteiger partial charge in [-0.3, -0.25) is 14.9 Å². The number of carboxylic acid groups (broad SMARTS) is 1. The number of benzene rings is 1. The Labute approximate surface area is 166 Å². The van der Waals surface area contributed by atoms with Crippen LogP contribution < -0.4 is 10.6 Å². The van der Waals surface area contributed by atoms with Crippen molar-refractivity contribution in [2.75, 3.05) is 17.2 Å². The maximum absolute atomic E-state index is 12.0. The SMILES string of the molecule is CC(C)(C)C(CNc1nnc(NC(=O)/C=C/c2ccccc2Cl)s1)C(=O)O. The molecule has 0 fully saturated rings. The van der Waals surface area contributed by atoms with Crippen molar-refractivity contribution >= 4 is 51.2 Å². The van der Waals surface area contributed by atoms with Gasteiger partial charge in [-0.1, -0.05) is 61.9 Å². The van der Waals surface area contributed by atoms with E-state index in [9.17, 15) is 14.7 Å². The second-order valence-electron chi connectivity index (χ2n) is 6.89. The zero-order valence-corrected chi connectivity index (χ0v) is 16.8. The lowest BCUT2D eigenvalue weighted by molar-refractivity contribution is -0.144. The molecule has 1 amide bonds. The largest absolute Gasteiger partial charge is 0.481 e. The van der Waals surface area contributed by atoms with Crippen LogP contribution in [0.3, 0.4) is 0 Å². The number of anilines is 2. The first-order valence-electron chi connectivity index (χ1n) is 8.20. The Balaban J connectivity index is 1.93. The maximum atomic E-state index is 12.0. The van der Waals surface area contributed by atoms with Crippen LogP contribution in [0.1, 0.15) is 26.3 Å². The quantitative estimate of drug-likeness (QED) is 0.598. The summed E-state index contributed by atoms with van der Waals surface area (Å²) in [4.78, 5) is 23.4. The lowest BCUT2D eigenvalue weighted by Gasteiger charge is -2.26. The summed E-state index contributed by atoms with van der Waals surface area (Å²) in [5.74, 6) is -1.83. The molecule has 27 heavy (non-hydrogen) atoms. The number of halogens is 1. The summed E-state index contributed by atoms with van der Waals surface area (Å²) in [5, 5.41) is 24.0. The number of rotatable bonds is 7. The molecule has 2 rings (SSSR count). The first-order chi connectivity index (χ1) is 12.7. The van der Waals surface area contributed by atoms with Gasteiger partial charge in [-0.15, -0.1) is 10.2 Å². The number of nitrogens with one attached hydrogen (secondary N) is 2. The van der Waals surface area contributed by atoms with Gasteiger partial charge in [0, 0.05) is 17.6 Å². The van der Waals surface area contributed by atoms with Gasteiger partial charge in [0.25, 0.3) is 0 Å². The highest BCUT2D eigenvalue weighted by Crippen LogP contribution is 2.27. The lowest BCUT2D eigenvalue weighted by atomic mass is 9.81. The minimum atomic E-state index is -0.877. The minimum Gasteiger partial charge on any atom is -0.481 e. The Morgan fingerprint density at radius 2 is 1.93 bits per heavy atom. The molecule has 1 aromatic heterocycles. The van der Waals surface area contributed by atoms with Crippen molar-refractivity contribution in [1.82, 2.24) is 10.2 Å². The van der Waals surface area contributed by atoms with E-state index in [1.165, 1.54) is 6.08 Å². The van der Waals surface area contributed by atoms with E-state index in [0.29, 0.717) is 15.3 Å². The van der Waals surface area contributed by atoms with Crippen LogP contribution in [-0.4, -0.2) is 33.7 Å². The standard InChI is InChI=1S/C18H21ClN4O3S/c1-18(2,3)12(15(25)26)10-20-16-22-23-17(27-16)21-14(24)9-8-11-6-4-5-7-13(11)19/h4-9,12H,10H2,1-3H3,(H,20,22)(H,25,26)(H,21,23,24)/b9-8+. The summed E-state index contributed by atoms with van der Waals surface area (Å²) in [6.45, 7) is 5.81. The molecule has 9 heteroatoms. The number of nitrogens with zero attached hydrogens (tertiary/aromatic N) is 2. The van der Waals surface area contributed by atoms with Crippen LogP contribution in [0.15, 0.2) is 30.3 Å². The Kier molecular flexibility index (Phi) is 6.92. The number of aromatic nitrogens is 2. The van der Waals surface area contributed by atoms with Crippen molar-refractivity contribution in [3.8, 4) is 0 Å². The fraction of sp³-hybridized carbons (Fsp3) is 0.333. The van der Waals surface area contributed by atoms with Crippen LogP contribution in [0.2, 0.25) is 5.02 Å². The fourth-order valence-electron chi connectivity index (χ4n) is 2.22. The van der Waals surface area contributed by atoms with E-state index in [0.717, 1.165) is 16.9 Å². The summed E-state index contributed by atoms with van der Waals surface area (Å²) >= 11 is 7.16. The van der Waals surface area contributed by atoms with Crippen molar-refractivity contribution in [2.45, 2.75) is 20.8 Å². The molecule has 0 saturated heterocycles. The van der Waals surface area contributed by atoms with Gasteiger partial charge < -0.3 is 10.4 Å². The van der Waals surface area contributed by atoms with Gasteiger partial charge in [0.2, 0.25) is 16.2 Å². The predicted octanol–water partition coefficient (Wildman–Crippen LogP) is 4.00. The third kappa shape index (κ3) is 6.33. The molecule has 7 nitrogen and oxygen atoms in total. The van der Waals surface area contributed by atoms with Crippen molar-refractivity contribution in [3.63, 3.8) is 0 Å². The number of amides is 1. The van der Waals surface area contributed by atoms with Crippen LogP contribution in [-0.2, 0) is 9.59 Å². The van der Waals surface area contributed by atoms with Crippen LogP contribution in [0, 0.1) is 11.3 Å². The lowest BCUT2D eigenvalue weighted by Crippen LogP contribution is -2.34. The number of hydrogen-bond acceptors (Lipinski definition) is 6. The highest BCUT2D eigenvalue weighted by Gasteiger charge is 2.31. The van der Waals surface area contributed by atoms with Crippen LogP contribution in [0.4, 0.5) is 10.3 Å². The normalized spacial score (nSPS) is 12.7. The van der Waals surface area contributed by atoms with Crippen LogP contribution >= 0.6 is 22.9 Å². The molecular weight excluding hydrogens is 388 g/mol. The van der Waals surface area contributed by atoms with E-state index in [1.54, 1.807) is 18.2 Å². The topological polar surface area (TPSA) is 104 Å². The number of aliphatic carboxylic acids is 1. The first kappa shape index (κ1) is 20.9. The molecule has 144 valence electrons. The van der Waals surface area contributed by atoms with Gasteiger partial charge in [0.1, 0.15) is 0 Å². The molecule has 0 spiro atoms. The number of carbonyl (C=O) groups excluding carboxylic acids is 1. The Morgan fingerprint density at radius 3 is 2.56 bits per heavy atom.